The number of benzene rings is 4. The minimum Gasteiger partial charge on any atom is -0.353 e. The molecule has 0 aliphatic carbocycles. The molecule has 2 heteroatoms. The number of hydrogen-bond acceptors (Lipinski definition) is 2. The second-order valence-electron chi connectivity index (χ2n) is 13.3. The molecule has 0 spiro atoms. The summed E-state index contributed by atoms with van der Waals surface area (Å²) in [5.41, 5.74) is 9.28. The lowest BCUT2D eigenvalue weighted by Gasteiger charge is -2.43. The van der Waals surface area contributed by atoms with Crippen molar-refractivity contribution in [2.75, 3.05) is 9.80 Å². The molecule has 1 aliphatic heterocycles. The molecule has 0 unspecified atom stereocenters. The van der Waals surface area contributed by atoms with Crippen LogP contribution in [0.4, 0.5) is 22.7 Å². The fraction of sp³-hybridized carbons (Fsp3) is 0.375. The van der Waals surface area contributed by atoms with Crippen molar-refractivity contribution >= 4 is 22.7 Å². The first-order valence-corrected chi connectivity index (χ1v) is 15.9. The normalized spacial score (nSPS) is 16.4. The molecule has 0 aromatic heterocycles. The van der Waals surface area contributed by atoms with E-state index < -0.39 is 0 Å². The zero-order valence-corrected chi connectivity index (χ0v) is 27.0. The van der Waals surface area contributed by atoms with Crippen molar-refractivity contribution in [2.45, 2.75) is 92.0 Å². The molecule has 219 valence electrons. The van der Waals surface area contributed by atoms with E-state index in [0.29, 0.717) is 11.8 Å². The van der Waals surface area contributed by atoms with E-state index in [-0.39, 0.29) is 11.0 Å². The SMILES string of the molecule is CCC1(CC)CC(C)(C)N(c2c(C(C)C)cccc2C(C)C)[C]1c1ccc(N(c2ccccc2)c2ccccc2)cc1. The molecule has 1 heterocycles. The lowest BCUT2D eigenvalue weighted by molar-refractivity contribution is 0.284. The van der Waals surface area contributed by atoms with Crippen molar-refractivity contribution in [3.63, 3.8) is 0 Å². The Morgan fingerprint density at radius 1 is 0.619 bits per heavy atom. The predicted molar refractivity (Wildman–Crippen MR) is 182 cm³/mol. The van der Waals surface area contributed by atoms with Gasteiger partial charge in [0.2, 0.25) is 0 Å². The summed E-state index contributed by atoms with van der Waals surface area (Å²) in [6.45, 7) is 19.1. The van der Waals surface area contributed by atoms with E-state index in [9.17, 15) is 0 Å². The maximum absolute atomic E-state index is 2.77. The molecule has 0 bridgehead atoms. The Kier molecular flexibility index (Phi) is 8.56. The quantitative estimate of drug-likeness (QED) is 0.202. The van der Waals surface area contributed by atoms with Gasteiger partial charge in [0.15, 0.2) is 0 Å². The molecular weight excluding hydrogens is 508 g/mol. The highest BCUT2D eigenvalue weighted by Gasteiger charge is 2.56. The Labute approximate surface area is 255 Å². The van der Waals surface area contributed by atoms with E-state index in [1.165, 1.54) is 34.1 Å². The van der Waals surface area contributed by atoms with Crippen molar-refractivity contribution in [3.05, 3.63) is 126 Å². The smallest absolute Gasteiger partial charge is 0.0994 e. The van der Waals surface area contributed by atoms with E-state index in [0.717, 1.165) is 30.6 Å². The summed E-state index contributed by atoms with van der Waals surface area (Å²) in [4.78, 5) is 5.12. The van der Waals surface area contributed by atoms with Crippen LogP contribution in [0.5, 0.6) is 0 Å². The Morgan fingerprint density at radius 3 is 1.50 bits per heavy atom. The van der Waals surface area contributed by atoms with Crippen LogP contribution >= 0.6 is 0 Å². The minimum atomic E-state index is -0.00519. The number of para-hydroxylation sites is 3. The monoisotopic (exact) mass is 557 g/mol. The summed E-state index contributed by atoms with van der Waals surface area (Å²) >= 11 is 0. The largest absolute Gasteiger partial charge is 0.353 e. The summed E-state index contributed by atoms with van der Waals surface area (Å²) in [6.07, 6.45) is 3.40. The molecule has 42 heavy (non-hydrogen) atoms. The molecule has 1 saturated heterocycles. The molecule has 1 aliphatic rings. The summed E-state index contributed by atoms with van der Waals surface area (Å²) in [5.74, 6) is 0.892. The molecule has 1 fully saturated rings. The second-order valence-corrected chi connectivity index (χ2v) is 13.3. The van der Waals surface area contributed by atoms with Gasteiger partial charge in [-0.05, 0) is 98.0 Å². The van der Waals surface area contributed by atoms with Crippen molar-refractivity contribution in [3.8, 4) is 0 Å². The van der Waals surface area contributed by atoms with Crippen LogP contribution in [0.15, 0.2) is 103 Å². The van der Waals surface area contributed by atoms with Crippen LogP contribution < -0.4 is 9.80 Å². The molecule has 0 atom stereocenters. The molecule has 0 saturated carbocycles. The average molecular weight is 558 g/mol. The molecular formula is C40H49N2. The highest BCUT2D eigenvalue weighted by molar-refractivity contribution is 5.77. The van der Waals surface area contributed by atoms with Crippen molar-refractivity contribution < 1.29 is 0 Å². The molecule has 0 N–H and O–H groups in total. The Balaban J connectivity index is 1.68. The minimum absolute atomic E-state index is 0.00519. The van der Waals surface area contributed by atoms with Crippen LogP contribution in [-0.4, -0.2) is 5.54 Å². The zero-order valence-electron chi connectivity index (χ0n) is 27.0. The van der Waals surface area contributed by atoms with Gasteiger partial charge in [0.1, 0.15) is 0 Å². The van der Waals surface area contributed by atoms with Crippen LogP contribution in [0.1, 0.15) is 103 Å². The maximum Gasteiger partial charge on any atom is 0.0994 e. The van der Waals surface area contributed by atoms with Gasteiger partial charge in [-0.3, -0.25) is 0 Å². The van der Waals surface area contributed by atoms with Gasteiger partial charge in [-0.25, -0.2) is 0 Å². The van der Waals surface area contributed by atoms with Gasteiger partial charge in [-0.2, -0.15) is 0 Å². The van der Waals surface area contributed by atoms with Gasteiger partial charge in [-0.15, -0.1) is 0 Å². The van der Waals surface area contributed by atoms with Crippen molar-refractivity contribution in [1.82, 2.24) is 0 Å². The van der Waals surface area contributed by atoms with Crippen molar-refractivity contribution in [1.29, 1.82) is 0 Å². The third-order valence-electron chi connectivity index (χ3n) is 9.45. The molecule has 0 amide bonds. The number of anilines is 4. The predicted octanol–water partition coefficient (Wildman–Crippen LogP) is 11.8. The van der Waals surface area contributed by atoms with E-state index in [1.54, 1.807) is 0 Å². The fourth-order valence-corrected chi connectivity index (χ4v) is 7.36. The van der Waals surface area contributed by atoms with Gasteiger partial charge in [0.25, 0.3) is 0 Å². The van der Waals surface area contributed by atoms with Gasteiger partial charge in [0, 0.05) is 33.7 Å². The van der Waals surface area contributed by atoms with Gasteiger partial charge in [-0.1, -0.05) is 108 Å². The fourth-order valence-electron chi connectivity index (χ4n) is 7.36. The van der Waals surface area contributed by atoms with Gasteiger partial charge in [0.05, 0.1) is 6.04 Å². The van der Waals surface area contributed by atoms with Crippen LogP contribution in [0.2, 0.25) is 0 Å². The third-order valence-corrected chi connectivity index (χ3v) is 9.45. The number of rotatable bonds is 9. The lowest BCUT2D eigenvalue weighted by atomic mass is 9.71. The van der Waals surface area contributed by atoms with Crippen LogP contribution in [0.25, 0.3) is 0 Å². The lowest BCUT2D eigenvalue weighted by Crippen LogP contribution is -2.42. The molecule has 1 radical (unpaired) electrons. The van der Waals surface area contributed by atoms with Crippen LogP contribution in [-0.2, 0) is 0 Å². The first kappa shape index (κ1) is 30.0. The highest BCUT2D eigenvalue weighted by atomic mass is 15.3. The molecule has 2 nitrogen and oxygen atoms in total. The van der Waals surface area contributed by atoms with Crippen LogP contribution in [0.3, 0.4) is 0 Å². The number of hydrogen-bond donors (Lipinski definition) is 0. The molecule has 4 aromatic rings. The summed E-state index contributed by atoms with van der Waals surface area (Å²) in [5, 5.41) is 0. The topological polar surface area (TPSA) is 6.48 Å². The molecule has 4 aromatic carbocycles. The second kappa shape index (κ2) is 12.0. The van der Waals surface area contributed by atoms with Crippen molar-refractivity contribution in [2.24, 2.45) is 5.41 Å². The zero-order chi connectivity index (χ0) is 30.1. The van der Waals surface area contributed by atoms with E-state index in [4.69, 9.17) is 0 Å². The van der Waals surface area contributed by atoms with E-state index in [2.05, 4.69) is 168 Å². The van der Waals surface area contributed by atoms with E-state index in [1.807, 2.05) is 0 Å². The molecule has 5 rings (SSSR count). The van der Waals surface area contributed by atoms with Crippen LogP contribution in [0, 0.1) is 11.5 Å². The number of nitrogens with zero attached hydrogens (tertiary/aromatic N) is 2. The highest BCUT2D eigenvalue weighted by Crippen LogP contribution is 2.60. The Bertz CT molecular complexity index is 1380. The Hall–Kier alpha value is -3.52. The third kappa shape index (κ3) is 5.37. The summed E-state index contributed by atoms with van der Waals surface area (Å²) in [7, 11) is 0. The van der Waals surface area contributed by atoms with Gasteiger partial charge >= 0.3 is 0 Å². The van der Waals surface area contributed by atoms with E-state index >= 15 is 0 Å². The standard InChI is InChI=1S/C40H49N2/c1-9-40(10-2)28-39(7,8)42(37-35(29(3)4)22-17-23-36(37)30(5)6)38(40)31-24-26-34(27-25-31)41(32-18-13-11-14-19-32)33-20-15-12-16-21-33/h11-27,29-30H,9-10,28H2,1-8H3. The summed E-state index contributed by atoms with van der Waals surface area (Å²) in [6, 6.07) is 39.2. The summed E-state index contributed by atoms with van der Waals surface area (Å²) < 4.78 is 0. The average Bonchev–Trinajstić information content (AvgIpc) is 3.25. The Morgan fingerprint density at radius 2 is 1.07 bits per heavy atom. The van der Waals surface area contributed by atoms with Gasteiger partial charge < -0.3 is 9.80 Å². The maximum atomic E-state index is 2.77. The first-order valence-electron chi connectivity index (χ1n) is 15.9. The first-order chi connectivity index (χ1) is 20.1.